The van der Waals surface area contributed by atoms with E-state index in [4.69, 9.17) is 9.47 Å². The smallest absolute Gasteiger partial charge is 0.161 e. The standard InChI is InChI=1S/C22H30N2O2.2ClH/c1-3-7-20(24-14-12-23-13-15-24)19-10-11-21(25-2)22(16-19)26-17-18-8-5-4-6-9-18;;/h4-6,8-11,16,20,23H,3,7,12-15,17H2,1-2H3;2*1H/t20-;;/m1../s1. The first kappa shape index (κ1) is 24.6. The third kappa shape index (κ3) is 6.56. The molecule has 1 saturated heterocycles. The van der Waals surface area contributed by atoms with Crippen LogP contribution in [0.5, 0.6) is 11.5 Å². The van der Waals surface area contributed by atoms with E-state index in [-0.39, 0.29) is 24.8 Å². The lowest BCUT2D eigenvalue weighted by Gasteiger charge is -2.35. The second kappa shape index (κ2) is 12.9. The Morgan fingerprint density at radius 3 is 2.36 bits per heavy atom. The van der Waals surface area contributed by atoms with Crippen LogP contribution in [0.2, 0.25) is 0 Å². The van der Waals surface area contributed by atoms with Gasteiger partial charge in [0.25, 0.3) is 0 Å². The Balaban J connectivity index is 0.00000196. The van der Waals surface area contributed by atoms with E-state index in [1.807, 2.05) is 24.3 Å². The van der Waals surface area contributed by atoms with Crippen LogP contribution in [0.25, 0.3) is 0 Å². The first-order chi connectivity index (χ1) is 12.8. The van der Waals surface area contributed by atoms with Crippen molar-refractivity contribution in [3.63, 3.8) is 0 Å². The van der Waals surface area contributed by atoms with Gasteiger partial charge in [-0.1, -0.05) is 49.7 Å². The highest BCUT2D eigenvalue weighted by Gasteiger charge is 2.22. The number of hydrogen-bond donors (Lipinski definition) is 1. The minimum atomic E-state index is 0. The van der Waals surface area contributed by atoms with Gasteiger partial charge < -0.3 is 14.8 Å². The number of halogens is 2. The molecule has 0 bridgehead atoms. The molecule has 2 aromatic carbocycles. The summed E-state index contributed by atoms with van der Waals surface area (Å²) in [7, 11) is 1.70. The maximum Gasteiger partial charge on any atom is 0.161 e. The number of ether oxygens (including phenoxy) is 2. The molecule has 1 fully saturated rings. The average Bonchev–Trinajstić information content (AvgIpc) is 2.71. The quantitative estimate of drug-likeness (QED) is 0.652. The van der Waals surface area contributed by atoms with Gasteiger partial charge in [0, 0.05) is 32.2 Å². The van der Waals surface area contributed by atoms with Crippen molar-refractivity contribution >= 4 is 24.8 Å². The fraction of sp³-hybridized carbons (Fsp3) is 0.455. The molecule has 156 valence electrons. The fourth-order valence-corrected chi connectivity index (χ4v) is 3.58. The highest BCUT2D eigenvalue weighted by Crippen LogP contribution is 2.34. The number of rotatable bonds is 8. The van der Waals surface area contributed by atoms with Crippen LogP contribution in [0.3, 0.4) is 0 Å². The summed E-state index contributed by atoms with van der Waals surface area (Å²) in [5, 5.41) is 3.44. The summed E-state index contributed by atoms with van der Waals surface area (Å²) in [6.07, 6.45) is 2.32. The van der Waals surface area contributed by atoms with Crippen LogP contribution < -0.4 is 14.8 Å². The summed E-state index contributed by atoms with van der Waals surface area (Å²) in [6, 6.07) is 17.1. The zero-order valence-corrected chi connectivity index (χ0v) is 18.4. The molecular weight excluding hydrogens is 395 g/mol. The third-order valence-corrected chi connectivity index (χ3v) is 4.96. The Morgan fingerprint density at radius 2 is 1.71 bits per heavy atom. The van der Waals surface area contributed by atoms with Gasteiger partial charge in [-0.05, 0) is 29.7 Å². The van der Waals surface area contributed by atoms with E-state index in [9.17, 15) is 0 Å². The van der Waals surface area contributed by atoms with Gasteiger partial charge in [-0.3, -0.25) is 4.90 Å². The highest BCUT2D eigenvalue weighted by molar-refractivity contribution is 5.85. The van der Waals surface area contributed by atoms with E-state index in [1.165, 1.54) is 12.0 Å². The molecule has 6 heteroatoms. The molecule has 0 amide bonds. The molecule has 4 nitrogen and oxygen atoms in total. The first-order valence-electron chi connectivity index (χ1n) is 9.61. The van der Waals surface area contributed by atoms with Gasteiger partial charge in [-0.25, -0.2) is 0 Å². The van der Waals surface area contributed by atoms with Crippen LogP contribution in [0.15, 0.2) is 48.5 Å². The van der Waals surface area contributed by atoms with Crippen molar-refractivity contribution in [3.8, 4) is 11.5 Å². The summed E-state index contributed by atoms with van der Waals surface area (Å²) in [6.45, 7) is 7.12. The Labute approximate surface area is 181 Å². The van der Waals surface area contributed by atoms with Crippen LogP contribution in [-0.2, 0) is 6.61 Å². The van der Waals surface area contributed by atoms with Gasteiger partial charge in [0.15, 0.2) is 11.5 Å². The predicted octanol–water partition coefficient (Wildman–Crippen LogP) is 4.86. The molecule has 1 N–H and O–H groups in total. The molecule has 28 heavy (non-hydrogen) atoms. The van der Waals surface area contributed by atoms with Crippen molar-refractivity contribution in [2.45, 2.75) is 32.4 Å². The molecule has 0 radical (unpaired) electrons. The summed E-state index contributed by atoms with van der Waals surface area (Å²) in [5.74, 6) is 1.62. The largest absolute Gasteiger partial charge is 0.493 e. The van der Waals surface area contributed by atoms with E-state index < -0.39 is 0 Å². The second-order valence-electron chi connectivity index (χ2n) is 6.78. The summed E-state index contributed by atoms with van der Waals surface area (Å²) >= 11 is 0. The Kier molecular flexibility index (Phi) is 11.3. The monoisotopic (exact) mass is 426 g/mol. The highest BCUT2D eigenvalue weighted by atomic mass is 35.5. The van der Waals surface area contributed by atoms with Gasteiger partial charge >= 0.3 is 0 Å². The van der Waals surface area contributed by atoms with E-state index in [2.05, 4.69) is 41.4 Å². The molecule has 1 heterocycles. The Bertz CT molecular complexity index is 679. The Morgan fingerprint density at radius 1 is 1.00 bits per heavy atom. The van der Waals surface area contributed by atoms with Crippen molar-refractivity contribution in [1.29, 1.82) is 0 Å². The topological polar surface area (TPSA) is 33.7 Å². The zero-order chi connectivity index (χ0) is 18.2. The molecule has 2 aromatic rings. The zero-order valence-electron chi connectivity index (χ0n) is 16.7. The average molecular weight is 427 g/mol. The van der Waals surface area contributed by atoms with Gasteiger partial charge in [-0.15, -0.1) is 24.8 Å². The minimum absolute atomic E-state index is 0. The molecule has 0 aliphatic carbocycles. The SMILES string of the molecule is CCC[C@H](c1ccc(OC)c(OCc2ccccc2)c1)N1CCNCC1.Cl.Cl. The number of methoxy groups -OCH3 is 1. The molecule has 1 atom stereocenters. The lowest BCUT2D eigenvalue weighted by Crippen LogP contribution is -2.45. The van der Waals surface area contributed by atoms with Crippen LogP contribution in [0.4, 0.5) is 0 Å². The van der Waals surface area contributed by atoms with E-state index >= 15 is 0 Å². The fourth-order valence-electron chi connectivity index (χ4n) is 3.58. The third-order valence-electron chi connectivity index (χ3n) is 4.96. The molecule has 0 spiro atoms. The molecule has 3 rings (SSSR count). The van der Waals surface area contributed by atoms with Crippen molar-refractivity contribution < 1.29 is 9.47 Å². The molecule has 1 aliphatic rings. The lowest BCUT2D eigenvalue weighted by atomic mass is 9.99. The van der Waals surface area contributed by atoms with Gasteiger partial charge in [0.1, 0.15) is 6.61 Å². The molecular formula is C22H32Cl2N2O2. The summed E-state index contributed by atoms with van der Waals surface area (Å²) < 4.78 is 11.6. The summed E-state index contributed by atoms with van der Waals surface area (Å²) in [4.78, 5) is 2.59. The Hall–Kier alpha value is -1.46. The van der Waals surface area contributed by atoms with E-state index in [1.54, 1.807) is 7.11 Å². The molecule has 0 aromatic heterocycles. The summed E-state index contributed by atoms with van der Waals surface area (Å²) in [5.41, 5.74) is 2.48. The number of benzene rings is 2. The van der Waals surface area contributed by atoms with E-state index in [0.29, 0.717) is 12.6 Å². The van der Waals surface area contributed by atoms with E-state index in [0.717, 1.165) is 49.7 Å². The number of hydrogen-bond acceptors (Lipinski definition) is 4. The first-order valence-corrected chi connectivity index (χ1v) is 9.61. The van der Waals surface area contributed by atoms with Crippen LogP contribution >= 0.6 is 24.8 Å². The van der Waals surface area contributed by atoms with Crippen molar-refractivity contribution in [1.82, 2.24) is 10.2 Å². The van der Waals surface area contributed by atoms with Crippen LogP contribution in [0.1, 0.15) is 36.9 Å². The maximum atomic E-state index is 6.11. The number of nitrogens with one attached hydrogen (secondary N) is 1. The predicted molar refractivity (Wildman–Crippen MR) is 120 cm³/mol. The number of piperazine rings is 1. The molecule has 1 aliphatic heterocycles. The minimum Gasteiger partial charge on any atom is -0.493 e. The van der Waals surface area contributed by atoms with Crippen molar-refractivity contribution in [3.05, 3.63) is 59.7 Å². The van der Waals surface area contributed by atoms with Crippen LogP contribution in [0, 0.1) is 0 Å². The van der Waals surface area contributed by atoms with Crippen molar-refractivity contribution in [2.24, 2.45) is 0 Å². The van der Waals surface area contributed by atoms with Crippen LogP contribution in [-0.4, -0.2) is 38.2 Å². The number of nitrogens with zero attached hydrogens (tertiary/aromatic N) is 1. The van der Waals surface area contributed by atoms with Gasteiger partial charge in [-0.2, -0.15) is 0 Å². The molecule has 0 unspecified atom stereocenters. The van der Waals surface area contributed by atoms with Gasteiger partial charge in [0.05, 0.1) is 7.11 Å². The lowest BCUT2D eigenvalue weighted by molar-refractivity contribution is 0.164. The molecule has 0 saturated carbocycles. The second-order valence-corrected chi connectivity index (χ2v) is 6.78. The van der Waals surface area contributed by atoms with Gasteiger partial charge in [0.2, 0.25) is 0 Å². The maximum absolute atomic E-state index is 6.11. The normalized spacial score (nSPS) is 15.1. The van der Waals surface area contributed by atoms with Crippen molar-refractivity contribution in [2.75, 3.05) is 33.3 Å².